The van der Waals surface area contributed by atoms with Crippen LogP contribution in [0.25, 0.3) is 28.1 Å². The molecule has 0 unspecified atom stereocenters. The first-order valence-electron chi connectivity index (χ1n) is 14.1. The van der Waals surface area contributed by atoms with Gasteiger partial charge in [-0.1, -0.05) is 0 Å². The molecule has 2 aliphatic rings. The number of hydrogen-bond acceptors (Lipinski definition) is 8. The number of pyridine rings is 1. The zero-order valence-corrected chi connectivity index (χ0v) is 23.1. The van der Waals surface area contributed by atoms with Gasteiger partial charge in [-0.3, -0.25) is 14.2 Å². The van der Waals surface area contributed by atoms with Crippen LogP contribution in [-0.4, -0.2) is 59.8 Å². The molecule has 1 aliphatic heterocycles. The van der Waals surface area contributed by atoms with Gasteiger partial charge in [0.2, 0.25) is 5.91 Å². The van der Waals surface area contributed by atoms with Crippen molar-refractivity contribution in [1.29, 1.82) is 0 Å². The summed E-state index contributed by atoms with van der Waals surface area (Å²) in [6, 6.07) is 17.8. The van der Waals surface area contributed by atoms with E-state index in [1.807, 2.05) is 42.5 Å². The summed E-state index contributed by atoms with van der Waals surface area (Å²) in [5.74, 6) is 0.670. The van der Waals surface area contributed by atoms with E-state index in [1.54, 1.807) is 6.20 Å². The Kier molecular flexibility index (Phi) is 7.56. The maximum absolute atomic E-state index is 13.0. The van der Waals surface area contributed by atoms with Crippen LogP contribution in [-0.2, 0) is 19.1 Å². The normalized spacial score (nSPS) is 19.2. The molecule has 3 N–H and O–H groups in total. The molecule has 1 aliphatic carbocycles. The second-order valence-corrected chi connectivity index (χ2v) is 10.6. The van der Waals surface area contributed by atoms with Crippen molar-refractivity contribution in [2.75, 3.05) is 49.4 Å². The average molecular weight is 555 g/mol. The molecule has 1 saturated heterocycles. The molecule has 41 heavy (non-hydrogen) atoms. The molecular weight excluding hydrogens is 520 g/mol. The summed E-state index contributed by atoms with van der Waals surface area (Å²) >= 11 is 0. The Morgan fingerprint density at radius 3 is 2.39 bits per heavy atom. The van der Waals surface area contributed by atoms with Gasteiger partial charge in [-0.15, -0.1) is 0 Å². The highest BCUT2D eigenvalue weighted by Crippen LogP contribution is 2.34. The fourth-order valence-electron chi connectivity index (χ4n) is 5.83. The summed E-state index contributed by atoms with van der Waals surface area (Å²) in [5, 5.41) is 3.06. The average Bonchev–Trinajstić information content (AvgIpc) is 3.40. The molecule has 6 rings (SSSR count). The summed E-state index contributed by atoms with van der Waals surface area (Å²) in [6.45, 7) is 3.07. The standard InChI is InChI=1S/C31H34N6O4/c1-40-31(39)21-6-4-20(5-7-21)30(38)34-22-8-10-23(11-9-22)37-27-19-24(36-15-17-41-18-16-36)12-13-26(27)35-29(37)25-3-2-14-33-28(25)32/h2-3,8-14,19-21H,4-7,15-18H2,1H3,(H2,32,33)(H,34,38). The number of carbonyl (C=O) groups excluding carboxylic acids is 2. The van der Waals surface area contributed by atoms with E-state index in [9.17, 15) is 9.59 Å². The minimum Gasteiger partial charge on any atom is -0.469 e. The number of hydrogen-bond donors (Lipinski definition) is 2. The number of nitrogens with one attached hydrogen (secondary N) is 1. The summed E-state index contributed by atoms with van der Waals surface area (Å²) in [6.07, 6.45) is 4.36. The molecule has 0 bridgehead atoms. The number of rotatable bonds is 6. The topological polar surface area (TPSA) is 125 Å². The van der Waals surface area contributed by atoms with E-state index >= 15 is 0 Å². The Balaban J connectivity index is 1.29. The van der Waals surface area contributed by atoms with Crippen molar-refractivity contribution in [2.24, 2.45) is 11.8 Å². The molecule has 1 amide bonds. The number of imidazole rings is 1. The second-order valence-electron chi connectivity index (χ2n) is 10.6. The summed E-state index contributed by atoms with van der Waals surface area (Å²) in [4.78, 5) is 36.4. The van der Waals surface area contributed by atoms with Crippen molar-refractivity contribution >= 4 is 40.1 Å². The van der Waals surface area contributed by atoms with Gasteiger partial charge in [0.05, 0.1) is 42.8 Å². The summed E-state index contributed by atoms with van der Waals surface area (Å²) < 4.78 is 12.5. The molecule has 212 valence electrons. The molecule has 0 radical (unpaired) electrons. The lowest BCUT2D eigenvalue weighted by Crippen LogP contribution is -2.36. The number of methoxy groups -OCH3 is 1. The number of morpholine rings is 1. The van der Waals surface area contributed by atoms with Gasteiger partial charge >= 0.3 is 5.97 Å². The predicted molar refractivity (Wildman–Crippen MR) is 158 cm³/mol. The number of ether oxygens (including phenoxy) is 2. The Morgan fingerprint density at radius 1 is 0.976 bits per heavy atom. The Bertz CT molecular complexity index is 1550. The van der Waals surface area contributed by atoms with Crippen molar-refractivity contribution in [3.05, 3.63) is 60.8 Å². The molecule has 1 saturated carbocycles. The highest BCUT2D eigenvalue weighted by atomic mass is 16.5. The zero-order chi connectivity index (χ0) is 28.3. The quantitative estimate of drug-likeness (QED) is 0.336. The molecule has 4 aromatic rings. The van der Waals surface area contributed by atoms with Crippen LogP contribution in [0, 0.1) is 11.8 Å². The van der Waals surface area contributed by atoms with Gasteiger partial charge < -0.3 is 25.4 Å². The van der Waals surface area contributed by atoms with Crippen LogP contribution in [0.2, 0.25) is 0 Å². The van der Waals surface area contributed by atoms with Gasteiger partial charge in [-0.25, -0.2) is 9.97 Å². The molecular formula is C31H34N6O4. The Labute approximate surface area is 238 Å². The van der Waals surface area contributed by atoms with E-state index in [4.69, 9.17) is 20.2 Å². The van der Waals surface area contributed by atoms with Gasteiger partial charge in [-0.2, -0.15) is 0 Å². The first-order chi connectivity index (χ1) is 20.0. The number of amides is 1. The van der Waals surface area contributed by atoms with E-state index in [1.165, 1.54) is 7.11 Å². The third-order valence-electron chi connectivity index (χ3n) is 8.12. The summed E-state index contributed by atoms with van der Waals surface area (Å²) in [5.41, 5.74) is 11.6. The number of anilines is 3. The number of carbonyl (C=O) groups is 2. The van der Waals surface area contributed by atoms with Crippen LogP contribution in [0.3, 0.4) is 0 Å². The van der Waals surface area contributed by atoms with Crippen LogP contribution >= 0.6 is 0 Å². The van der Waals surface area contributed by atoms with E-state index in [0.29, 0.717) is 50.5 Å². The molecule has 10 heteroatoms. The van der Waals surface area contributed by atoms with E-state index in [2.05, 4.69) is 31.9 Å². The maximum Gasteiger partial charge on any atom is 0.308 e. The lowest BCUT2D eigenvalue weighted by molar-refractivity contribution is -0.147. The monoisotopic (exact) mass is 554 g/mol. The lowest BCUT2D eigenvalue weighted by Gasteiger charge is -2.28. The van der Waals surface area contributed by atoms with Crippen molar-refractivity contribution in [2.45, 2.75) is 25.7 Å². The van der Waals surface area contributed by atoms with E-state index < -0.39 is 0 Å². The number of benzene rings is 2. The van der Waals surface area contributed by atoms with Gasteiger partial charge in [0.15, 0.2) is 0 Å². The number of fused-ring (bicyclic) bond motifs is 1. The number of esters is 1. The number of aromatic nitrogens is 3. The highest BCUT2D eigenvalue weighted by molar-refractivity contribution is 5.93. The smallest absolute Gasteiger partial charge is 0.308 e. The minimum atomic E-state index is -0.184. The molecule has 0 spiro atoms. The van der Waals surface area contributed by atoms with Crippen molar-refractivity contribution < 1.29 is 19.1 Å². The molecule has 0 atom stereocenters. The lowest BCUT2D eigenvalue weighted by atomic mass is 9.81. The minimum absolute atomic E-state index is 0.0203. The Morgan fingerprint density at radius 2 is 1.68 bits per heavy atom. The van der Waals surface area contributed by atoms with Crippen molar-refractivity contribution in [3.8, 4) is 17.1 Å². The zero-order valence-electron chi connectivity index (χ0n) is 23.1. The van der Waals surface area contributed by atoms with Crippen LogP contribution in [0.5, 0.6) is 0 Å². The van der Waals surface area contributed by atoms with Gasteiger partial charge in [0, 0.05) is 42.3 Å². The fraction of sp³-hybridized carbons (Fsp3) is 0.355. The maximum atomic E-state index is 13.0. The molecule has 2 aromatic heterocycles. The number of nitrogens with two attached hydrogens (primary N) is 1. The molecule has 2 fully saturated rings. The van der Waals surface area contributed by atoms with Crippen LogP contribution in [0.15, 0.2) is 60.8 Å². The van der Waals surface area contributed by atoms with Gasteiger partial charge in [0.1, 0.15) is 11.6 Å². The van der Waals surface area contributed by atoms with E-state index in [-0.39, 0.29) is 23.7 Å². The summed E-state index contributed by atoms with van der Waals surface area (Å²) in [7, 11) is 1.41. The molecule has 2 aromatic carbocycles. The van der Waals surface area contributed by atoms with Crippen molar-refractivity contribution in [3.63, 3.8) is 0 Å². The van der Waals surface area contributed by atoms with Crippen LogP contribution in [0.4, 0.5) is 17.2 Å². The van der Waals surface area contributed by atoms with E-state index in [0.717, 1.165) is 46.7 Å². The van der Waals surface area contributed by atoms with Crippen LogP contribution in [0.1, 0.15) is 25.7 Å². The first-order valence-corrected chi connectivity index (χ1v) is 14.1. The first kappa shape index (κ1) is 26.8. The van der Waals surface area contributed by atoms with Crippen molar-refractivity contribution in [1.82, 2.24) is 14.5 Å². The predicted octanol–water partition coefficient (Wildman–Crippen LogP) is 4.42. The fourth-order valence-corrected chi connectivity index (χ4v) is 5.83. The number of nitrogen functional groups attached to an aromatic ring is 1. The second kappa shape index (κ2) is 11.6. The Hall–Kier alpha value is -4.44. The highest BCUT2D eigenvalue weighted by Gasteiger charge is 2.30. The van der Waals surface area contributed by atoms with Gasteiger partial charge in [-0.05, 0) is 80.3 Å². The van der Waals surface area contributed by atoms with Crippen LogP contribution < -0.4 is 16.0 Å². The molecule has 10 nitrogen and oxygen atoms in total. The molecule has 3 heterocycles. The third-order valence-corrected chi connectivity index (χ3v) is 8.12. The van der Waals surface area contributed by atoms with Gasteiger partial charge in [0.25, 0.3) is 0 Å². The third kappa shape index (κ3) is 5.47. The number of nitrogens with zero attached hydrogens (tertiary/aromatic N) is 4. The SMILES string of the molecule is COC(=O)C1CCC(C(=O)Nc2ccc(-n3c(-c4cccnc4N)nc4ccc(N5CCOCC5)cc43)cc2)CC1. The largest absolute Gasteiger partial charge is 0.469 e.